The fourth-order valence-electron chi connectivity index (χ4n) is 1.08. The highest BCUT2D eigenvalue weighted by Gasteiger charge is 1.99. The number of imidazole rings is 1. The highest BCUT2D eigenvalue weighted by Crippen LogP contribution is 1.95. The molecule has 74 valence electrons. The van der Waals surface area contributed by atoms with E-state index in [1.807, 2.05) is 6.92 Å². The van der Waals surface area contributed by atoms with E-state index in [-0.39, 0.29) is 6.10 Å². The third-order valence-electron chi connectivity index (χ3n) is 2.00. The minimum Gasteiger partial charge on any atom is -0.393 e. The number of hydrogen-bond acceptors (Lipinski definition) is 3. The number of rotatable bonds is 6. The van der Waals surface area contributed by atoms with Gasteiger partial charge in [0, 0.05) is 18.4 Å². The van der Waals surface area contributed by atoms with Crippen LogP contribution < -0.4 is 5.32 Å². The maximum absolute atomic E-state index is 9.25. The molecule has 1 heterocycles. The Morgan fingerprint density at radius 3 is 3.15 bits per heavy atom. The van der Waals surface area contributed by atoms with Crippen molar-refractivity contribution in [2.45, 2.75) is 32.4 Å². The summed E-state index contributed by atoms with van der Waals surface area (Å²) < 4.78 is 0. The van der Waals surface area contributed by atoms with Gasteiger partial charge in [0.25, 0.3) is 0 Å². The van der Waals surface area contributed by atoms with Gasteiger partial charge in [-0.2, -0.15) is 0 Å². The number of nitrogens with zero attached hydrogens (tertiary/aromatic N) is 1. The van der Waals surface area contributed by atoms with E-state index in [1.165, 1.54) is 0 Å². The summed E-state index contributed by atoms with van der Waals surface area (Å²) in [4.78, 5) is 6.91. The zero-order valence-electron chi connectivity index (χ0n) is 7.95. The fourth-order valence-corrected chi connectivity index (χ4v) is 1.08. The number of aromatic amines is 1. The number of nitrogens with one attached hydrogen (secondary N) is 2. The van der Waals surface area contributed by atoms with E-state index in [9.17, 15) is 5.11 Å². The molecule has 1 unspecified atom stereocenters. The molecular weight excluding hydrogens is 166 g/mol. The molecule has 0 radical (unpaired) electrons. The van der Waals surface area contributed by atoms with E-state index >= 15 is 0 Å². The van der Waals surface area contributed by atoms with E-state index in [0.717, 1.165) is 31.6 Å². The average molecular weight is 183 g/mol. The maximum atomic E-state index is 9.25. The number of hydrogen-bond donors (Lipinski definition) is 3. The second-order valence-electron chi connectivity index (χ2n) is 3.10. The number of H-pyrrole nitrogens is 1. The van der Waals surface area contributed by atoms with Crippen LogP contribution in [0.3, 0.4) is 0 Å². The van der Waals surface area contributed by atoms with Gasteiger partial charge >= 0.3 is 0 Å². The van der Waals surface area contributed by atoms with Gasteiger partial charge in [0.15, 0.2) is 0 Å². The first kappa shape index (κ1) is 10.2. The molecule has 0 aliphatic heterocycles. The Balaban J connectivity index is 2.02. The Kier molecular flexibility index (Phi) is 4.49. The monoisotopic (exact) mass is 183 g/mol. The first-order chi connectivity index (χ1) is 6.33. The molecule has 4 nitrogen and oxygen atoms in total. The van der Waals surface area contributed by atoms with Gasteiger partial charge in [-0.3, -0.25) is 0 Å². The average Bonchev–Trinajstić information content (AvgIpc) is 2.64. The molecule has 1 aromatic heterocycles. The number of aliphatic hydroxyl groups excluding tert-OH is 1. The molecule has 0 amide bonds. The van der Waals surface area contributed by atoms with Crippen LogP contribution in [0.1, 0.15) is 25.5 Å². The standard InChI is InChI=1S/C9H17N3O/c1-2-9(13)3-4-10-5-8-6-11-7-12-8/h6-7,9-10,13H,2-5H2,1H3,(H,11,12). The molecule has 0 aromatic carbocycles. The maximum Gasteiger partial charge on any atom is 0.0922 e. The second kappa shape index (κ2) is 5.72. The van der Waals surface area contributed by atoms with Crippen LogP contribution in [0, 0.1) is 0 Å². The molecule has 0 spiro atoms. The Bertz CT molecular complexity index is 211. The molecule has 0 saturated carbocycles. The van der Waals surface area contributed by atoms with Crippen LogP contribution in [-0.4, -0.2) is 27.7 Å². The van der Waals surface area contributed by atoms with Gasteiger partial charge in [-0.1, -0.05) is 6.92 Å². The van der Waals surface area contributed by atoms with Gasteiger partial charge in [-0.15, -0.1) is 0 Å². The molecular formula is C9H17N3O. The smallest absolute Gasteiger partial charge is 0.0922 e. The molecule has 0 bridgehead atoms. The van der Waals surface area contributed by atoms with Gasteiger partial charge in [-0.05, 0) is 19.4 Å². The summed E-state index contributed by atoms with van der Waals surface area (Å²) in [6.45, 7) is 3.62. The summed E-state index contributed by atoms with van der Waals surface area (Å²) in [5.41, 5.74) is 1.07. The summed E-state index contributed by atoms with van der Waals surface area (Å²) in [5.74, 6) is 0. The molecule has 1 atom stereocenters. The molecule has 1 aromatic rings. The zero-order valence-corrected chi connectivity index (χ0v) is 7.95. The van der Waals surface area contributed by atoms with E-state index in [0.29, 0.717) is 0 Å². The number of aliphatic hydroxyl groups is 1. The summed E-state index contributed by atoms with van der Waals surface area (Å²) in [7, 11) is 0. The van der Waals surface area contributed by atoms with Crippen LogP contribution in [0.15, 0.2) is 12.5 Å². The van der Waals surface area contributed by atoms with Gasteiger partial charge < -0.3 is 15.4 Å². The Hall–Kier alpha value is -0.870. The van der Waals surface area contributed by atoms with Gasteiger partial charge in [-0.25, -0.2) is 4.98 Å². The summed E-state index contributed by atoms with van der Waals surface area (Å²) in [5, 5.41) is 12.5. The van der Waals surface area contributed by atoms with Gasteiger partial charge in [0.1, 0.15) is 0 Å². The van der Waals surface area contributed by atoms with E-state index in [2.05, 4.69) is 15.3 Å². The topological polar surface area (TPSA) is 60.9 Å². The van der Waals surface area contributed by atoms with Gasteiger partial charge in [0.05, 0.1) is 12.4 Å². The first-order valence-corrected chi connectivity index (χ1v) is 4.69. The predicted octanol–water partition coefficient (Wildman–Crippen LogP) is 0.660. The van der Waals surface area contributed by atoms with Gasteiger partial charge in [0.2, 0.25) is 0 Å². The quantitative estimate of drug-likeness (QED) is 0.568. The van der Waals surface area contributed by atoms with Crippen LogP contribution in [0.4, 0.5) is 0 Å². The van der Waals surface area contributed by atoms with E-state index in [4.69, 9.17) is 0 Å². The van der Waals surface area contributed by atoms with Crippen molar-refractivity contribution >= 4 is 0 Å². The zero-order chi connectivity index (χ0) is 9.52. The molecule has 0 fully saturated rings. The van der Waals surface area contributed by atoms with Crippen LogP contribution in [0.5, 0.6) is 0 Å². The Morgan fingerprint density at radius 1 is 1.69 bits per heavy atom. The molecule has 1 rings (SSSR count). The molecule has 0 aliphatic carbocycles. The minimum atomic E-state index is -0.172. The van der Waals surface area contributed by atoms with Crippen LogP contribution in [0.2, 0.25) is 0 Å². The lowest BCUT2D eigenvalue weighted by Crippen LogP contribution is -2.19. The van der Waals surface area contributed by atoms with Crippen molar-refractivity contribution in [2.75, 3.05) is 6.54 Å². The SMILES string of the molecule is CCC(O)CCNCc1cnc[nH]1. The molecule has 3 N–H and O–H groups in total. The third-order valence-corrected chi connectivity index (χ3v) is 2.00. The lowest BCUT2D eigenvalue weighted by atomic mass is 10.2. The van der Waals surface area contributed by atoms with Crippen molar-refractivity contribution in [3.8, 4) is 0 Å². The lowest BCUT2D eigenvalue weighted by Gasteiger charge is -2.07. The Morgan fingerprint density at radius 2 is 2.54 bits per heavy atom. The molecule has 13 heavy (non-hydrogen) atoms. The van der Waals surface area contributed by atoms with Crippen molar-refractivity contribution in [2.24, 2.45) is 0 Å². The molecule has 4 heteroatoms. The fraction of sp³-hybridized carbons (Fsp3) is 0.667. The number of aromatic nitrogens is 2. The van der Waals surface area contributed by atoms with Crippen LogP contribution in [-0.2, 0) is 6.54 Å². The summed E-state index contributed by atoms with van der Waals surface area (Å²) >= 11 is 0. The van der Waals surface area contributed by atoms with Crippen LogP contribution in [0.25, 0.3) is 0 Å². The highest BCUT2D eigenvalue weighted by molar-refractivity contribution is 4.92. The largest absolute Gasteiger partial charge is 0.393 e. The first-order valence-electron chi connectivity index (χ1n) is 4.69. The molecule has 0 saturated heterocycles. The van der Waals surface area contributed by atoms with Crippen LogP contribution >= 0.6 is 0 Å². The van der Waals surface area contributed by atoms with Crippen molar-refractivity contribution < 1.29 is 5.11 Å². The third kappa shape index (κ3) is 4.05. The van der Waals surface area contributed by atoms with Crippen molar-refractivity contribution in [1.29, 1.82) is 0 Å². The van der Waals surface area contributed by atoms with E-state index in [1.54, 1.807) is 12.5 Å². The van der Waals surface area contributed by atoms with Crippen molar-refractivity contribution in [3.63, 3.8) is 0 Å². The molecule has 0 aliphatic rings. The van der Waals surface area contributed by atoms with Crippen molar-refractivity contribution in [3.05, 3.63) is 18.2 Å². The van der Waals surface area contributed by atoms with E-state index < -0.39 is 0 Å². The normalized spacial score (nSPS) is 13.1. The van der Waals surface area contributed by atoms with Crippen molar-refractivity contribution in [1.82, 2.24) is 15.3 Å². The summed E-state index contributed by atoms with van der Waals surface area (Å²) in [6, 6.07) is 0. The highest BCUT2D eigenvalue weighted by atomic mass is 16.3. The Labute approximate surface area is 78.4 Å². The predicted molar refractivity (Wildman–Crippen MR) is 51.2 cm³/mol. The minimum absolute atomic E-state index is 0.172. The second-order valence-corrected chi connectivity index (χ2v) is 3.10. The lowest BCUT2D eigenvalue weighted by molar-refractivity contribution is 0.159. The summed E-state index contributed by atoms with van der Waals surface area (Å²) in [6.07, 6.45) is 4.92.